The zero-order valence-electron chi connectivity index (χ0n) is 17.1. The minimum atomic E-state index is -0.489. The number of rotatable bonds is 2. The van der Waals surface area contributed by atoms with E-state index in [1.165, 1.54) is 6.07 Å². The minimum absolute atomic E-state index is 0.188. The van der Waals surface area contributed by atoms with E-state index in [2.05, 4.69) is 25.6 Å². The standard InChI is InChI=1S/C24H18FN5O2/c1-12-18(11-28-24-21(12)27-4-5-32-24)13-7-16-17(23(31)30-22(16)19(25)8-13)9-15-6-14-10-26-3-2-20(14)29-15/h2-3,6-11,27,29H,4-5H2,1H3,(H,30,31)/b17-9-. The normalized spacial score (nSPS) is 15.8. The van der Waals surface area contributed by atoms with E-state index in [0.29, 0.717) is 35.7 Å². The number of nitrogens with one attached hydrogen (secondary N) is 3. The molecule has 0 saturated heterocycles. The van der Waals surface area contributed by atoms with Crippen LogP contribution in [0.1, 0.15) is 16.8 Å². The molecule has 0 atom stereocenters. The summed E-state index contributed by atoms with van der Waals surface area (Å²) in [5, 5.41) is 6.89. The van der Waals surface area contributed by atoms with Crippen LogP contribution in [0.5, 0.6) is 5.88 Å². The molecule has 3 aromatic heterocycles. The van der Waals surface area contributed by atoms with Crippen LogP contribution in [0.3, 0.4) is 0 Å². The first-order valence-corrected chi connectivity index (χ1v) is 10.2. The zero-order valence-corrected chi connectivity index (χ0v) is 17.1. The van der Waals surface area contributed by atoms with Crippen LogP contribution in [0.2, 0.25) is 0 Å². The summed E-state index contributed by atoms with van der Waals surface area (Å²) in [6.45, 7) is 3.18. The molecule has 0 unspecified atom stereocenters. The molecule has 0 saturated carbocycles. The Morgan fingerprint density at radius 1 is 1.16 bits per heavy atom. The number of halogens is 1. The Morgan fingerprint density at radius 3 is 2.94 bits per heavy atom. The number of hydrogen-bond donors (Lipinski definition) is 3. The third-order valence-corrected chi connectivity index (χ3v) is 5.86. The topological polar surface area (TPSA) is 91.9 Å². The number of aromatic nitrogens is 3. The van der Waals surface area contributed by atoms with Crippen molar-refractivity contribution in [3.63, 3.8) is 0 Å². The van der Waals surface area contributed by atoms with Crippen LogP contribution in [0.25, 0.3) is 33.7 Å². The summed E-state index contributed by atoms with van der Waals surface area (Å²) in [7, 11) is 0. The van der Waals surface area contributed by atoms with Crippen LogP contribution < -0.4 is 15.4 Å². The van der Waals surface area contributed by atoms with Crippen molar-refractivity contribution in [2.45, 2.75) is 6.92 Å². The highest BCUT2D eigenvalue weighted by Crippen LogP contribution is 2.41. The molecule has 7 nitrogen and oxygen atoms in total. The Hall–Kier alpha value is -4.20. The molecule has 5 heterocycles. The van der Waals surface area contributed by atoms with Crippen molar-refractivity contribution >= 4 is 39.8 Å². The average molecular weight is 427 g/mol. The van der Waals surface area contributed by atoms with Gasteiger partial charge in [0.15, 0.2) is 0 Å². The fraction of sp³-hybridized carbons (Fsp3) is 0.125. The van der Waals surface area contributed by atoms with Gasteiger partial charge in [-0.25, -0.2) is 9.37 Å². The van der Waals surface area contributed by atoms with Crippen molar-refractivity contribution in [2.75, 3.05) is 23.8 Å². The third-order valence-electron chi connectivity index (χ3n) is 5.86. The summed E-state index contributed by atoms with van der Waals surface area (Å²) < 4.78 is 20.6. The van der Waals surface area contributed by atoms with Crippen LogP contribution >= 0.6 is 0 Å². The van der Waals surface area contributed by atoms with Crippen LogP contribution in [0.4, 0.5) is 15.8 Å². The van der Waals surface area contributed by atoms with E-state index in [0.717, 1.165) is 33.4 Å². The molecule has 0 bridgehead atoms. The molecule has 6 rings (SSSR count). The highest BCUT2D eigenvalue weighted by Gasteiger charge is 2.29. The van der Waals surface area contributed by atoms with E-state index in [4.69, 9.17) is 4.74 Å². The molecule has 8 heteroatoms. The number of H-pyrrole nitrogens is 1. The summed E-state index contributed by atoms with van der Waals surface area (Å²) in [5.74, 6) is -0.288. The summed E-state index contributed by atoms with van der Waals surface area (Å²) >= 11 is 0. The zero-order chi connectivity index (χ0) is 21.8. The van der Waals surface area contributed by atoms with Crippen molar-refractivity contribution in [1.82, 2.24) is 15.0 Å². The number of carbonyl (C=O) groups excluding carboxylic acids is 1. The van der Waals surface area contributed by atoms with Gasteiger partial charge in [0.25, 0.3) is 5.91 Å². The number of ether oxygens (including phenoxy) is 1. The quantitative estimate of drug-likeness (QED) is 0.413. The monoisotopic (exact) mass is 427 g/mol. The smallest absolute Gasteiger partial charge is 0.256 e. The van der Waals surface area contributed by atoms with Gasteiger partial charge in [-0.2, -0.15) is 0 Å². The second-order valence-corrected chi connectivity index (χ2v) is 7.83. The Kier molecular flexibility index (Phi) is 4.01. The summed E-state index contributed by atoms with van der Waals surface area (Å²) in [5.41, 5.74) is 5.90. The molecular weight excluding hydrogens is 409 g/mol. The van der Waals surface area contributed by atoms with Gasteiger partial charge >= 0.3 is 0 Å². The van der Waals surface area contributed by atoms with Crippen LogP contribution in [0.15, 0.2) is 42.9 Å². The minimum Gasteiger partial charge on any atom is -0.474 e. The van der Waals surface area contributed by atoms with Gasteiger partial charge < -0.3 is 20.4 Å². The van der Waals surface area contributed by atoms with Crippen LogP contribution in [-0.4, -0.2) is 34.0 Å². The van der Waals surface area contributed by atoms with Gasteiger partial charge in [0.1, 0.15) is 18.1 Å². The number of benzene rings is 1. The Balaban J connectivity index is 1.48. The highest BCUT2D eigenvalue weighted by molar-refractivity contribution is 6.35. The summed E-state index contributed by atoms with van der Waals surface area (Å²) in [6.07, 6.45) is 6.86. The molecule has 32 heavy (non-hydrogen) atoms. The maximum atomic E-state index is 15.0. The number of amides is 1. The molecule has 1 aromatic carbocycles. The largest absolute Gasteiger partial charge is 0.474 e. The van der Waals surface area contributed by atoms with E-state index in [1.807, 2.05) is 25.1 Å². The fourth-order valence-electron chi connectivity index (χ4n) is 4.29. The van der Waals surface area contributed by atoms with Crippen molar-refractivity contribution in [3.8, 4) is 17.0 Å². The lowest BCUT2D eigenvalue weighted by Crippen LogP contribution is -2.20. The van der Waals surface area contributed by atoms with Gasteiger partial charge in [-0.3, -0.25) is 9.78 Å². The van der Waals surface area contributed by atoms with Gasteiger partial charge in [-0.15, -0.1) is 0 Å². The van der Waals surface area contributed by atoms with E-state index in [9.17, 15) is 4.79 Å². The van der Waals surface area contributed by atoms with Crippen molar-refractivity contribution in [3.05, 3.63) is 65.5 Å². The van der Waals surface area contributed by atoms with Crippen LogP contribution in [-0.2, 0) is 4.79 Å². The lowest BCUT2D eigenvalue weighted by atomic mass is 9.96. The molecule has 1 amide bonds. The molecule has 0 fully saturated rings. The summed E-state index contributed by atoms with van der Waals surface area (Å²) in [4.78, 5) is 24.5. The SMILES string of the molecule is Cc1c(-c2cc(F)c3c(c2)/C(=C/c2cc4cnccc4[nH]2)C(=O)N3)cnc2c1NCCO2. The molecule has 2 aliphatic rings. The maximum absolute atomic E-state index is 15.0. The van der Waals surface area contributed by atoms with Gasteiger partial charge in [0.05, 0.1) is 11.3 Å². The third kappa shape index (κ3) is 2.84. The predicted octanol–water partition coefficient (Wildman–Crippen LogP) is 4.37. The van der Waals surface area contributed by atoms with Gasteiger partial charge in [0, 0.05) is 52.9 Å². The second kappa shape index (κ2) is 6.91. The molecular formula is C24H18FN5O2. The lowest BCUT2D eigenvalue weighted by Gasteiger charge is -2.21. The number of carbonyl (C=O) groups is 1. The van der Waals surface area contributed by atoms with E-state index < -0.39 is 5.82 Å². The number of aromatic amines is 1. The number of fused-ring (bicyclic) bond motifs is 3. The van der Waals surface area contributed by atoms with E-state index >= 15 is 4.39 Å². The highest BCUT2D eigenvalue weighted by atomic mass is 19.1. The van der Waals surface area contributed by atoms with Crippen LogP contribution in [0, 0.1) is 12.7 Å². The molecule has 158 valence electrons. The molecule has 4 aromatic rings. The lowest BCUT2D eigenvalue weighted by molar-refractivity contribution is -0.110. The molecule has 3 N–H and O–H groups in total. The average Bonchev–Trinajstić information content (AvgIpc) is 3.35. The number of hydrogen-bond acceptors (Lipinski definition) is 5. The molecule has 0 spiro atoms. The Morgan fingerprint density at radius 2 is 2.06 bits per heavy atom. The van der Waals surface area contributed by atoms with Crippen molar-refractivity contribution in [2.24, 2.45) is 0 Å². The molecule has 2 aliphatic heterocycles. The maximum Gasteiger partial charge on any atom is 0.256 e. The predicted molar refractivity (Wildman–Crippen MR) is 121 cm³/mol. The number of nitrogens with zero attached hydrogens (tertiary/aromatic N) is 2. The van der Waals surface area contributed by atoms with Gasteiger partial charge in [0.2, 0.25) is 5.88 Å². The number of pyridine rings is 2. The number of anilines is 2. The van der Waals surface area contributed by atoms with Crippen molar-refractivity contribution < 1.29 is 13.9 Å². The Bertz CT molecular complexity index is 1420. The molecule has 0 radical (unpaired) electrons. The van der Waals surface area contributed by atoms with Gasteiger partial charge in [-0.05, 0) is 48.4 Å². The van der Waals surface area contributed by atoms with Crippen molar-refractivity contribution in [1.29, 1.82) is 0 Å². The first-order valence-electron chi connectivity index (χ1n) is 10.2. The van der Waals surface area contributed by atoms with E-state index in [-0.39, 0.29) is 11.6 Å². The first-order chi connectivity index (χ1) is 15.6. The fourth-order valence-corrected chi connectivity index (χ4v) is 4.29. The Labute approximate surface area is 182 Å². The summed E-state index contributed by atoms with van der Waals surface area (Å²) in [6, 6.07) is 7.02. The van der Waals surface area contributed by atoms with Gasteiger partial charge in [-0.1, -0.05) is 0 Å². The van der Waals surface area contributed by atoms with E-state index in [1.54, 1.807) is 24.7 Å². The second-order valence-electron chi connectivity index (χ2n) is 7.83. The molecule has 0 aliphatic carbocycles. The first kappa shape index (κ1) is 18.6.